The van der Waals surface area contributed by atoms with Crippen LogP contribution in [0.25, 0.3) is 10.8 Å². The van der Waals surface area contributed by atoms with Gasteiger partial charge in [0, 0.05) is 0 Å². The lowest BCUT2D eigenvalue weighted by Gasteiger charge is -2.07. The predicted octanol–water partition coefficient (Wildman–Crippen LogP) is 2.75. The first-order chi connectivity index (χ1) is 11.1. The number of thiophene rings is 1. The molecule has 1 amide bonds. The maximum Gasteiger partial charge on any atom is 0.268 e. The van der Waals surface area contributed by atoms with E-state index in [1.807, 2.05) is 17.5 Å². The van der Waals surface area contributed by atoms with Gasteiger partial charge in [-0.1, -0.05) is 11.2 Å². The number of halogens is 2. The molecule has 0 aliphatic carbocycles. The molecule has 0 saturated heterocycles. The van der Waals surface area contributed by atoms with Crippen LogP contribution in [0, 0.1) is 11.6 Å². The van der Waals surface area contributed by atoms with Crippen molar-refractivity contribution < 1.29 is 22.8 Å². The number of rotatable bonds is 5. The second kappa shape index (κ2) is 6.13. The average Bonchev–Trinajstić information content (AvgIpc) is 3.17. The average molecular weight is 337 g/mol. The smallest absolute Gasteiger partial charge is 0.268 e. The van der Waals surface area contributed by atoms with Crippen molar-refractivity contribution in [2.75, 3.05) is 0 Å². The van der Waals surface area contributed by atoms with Crippen molar-refractivity contribution in [3.63, 3.8) is 0 Å². The fourth-order valence-corrected chi connectivity index (χ4v) is 2.47. The molecule has 0 saturated carbocycles. The zero-order chi connectivity index (χ0) is 16.4. The van der Waals surface area contributed by atoms with Gasteiger partial charge >= 0.3 is 0 Å². The van der Waals surface area contributed by atoms with Crippen molar-refractivity contribution in [3.05, 3.63) is 52.7 Å². The fourth-order valence-electron chi connectivity index (χ4n) is 1.83. The van der Waals surface area contributed by atoms with E-state index in [1.165, 1.54) is 11.3 Å². The summed E-state index contributed by atoms with van der Waals surface area (Å²) in [5.41, 5.74) is 4.08. The molecule has 0 unspecified atom stereocenters. The molecule has 118 valence electrons. The minimum absolute atomic E-state index is 0.178. The molecular weight excluding hydrogens is 328 g/mol. The van der Waals surface area contributed by atoms with Gasteiger partial charge in [-0.25, -0.2) is 8.78 Å². The van der Waals surface area contributed by atoms with Gasteiger partial charge in [-0.3, -0.25) is 4.79 Å². The van der Waals surface area contributed by atoms with Crippen molar-refractivity contribution >= 4 is 17.2 Å². The zero-order valence-corrected chi connectivity index (χ0v) is 12.3. The lowest BCUT2D eigenvalue weighted by atomic mass is 10.1. The standard InChI is InChI=1S/C14H9F2N3O3S/c15-7-3-4-8(12(16)11(7)13(17)20)21-6-10-18-14(22-19-10)9-2-1-5-23-9/h1-5H,6H2,(H2,17,20). The van der Waals surface area contributed by atoms with E-state index >= 15 is 0 Å². The van der Waals surface area contributed by atoms with Crippen LogP contribution < -0.4 is 10.5 Å². The third kappa shape index (κ3) is 3.04. The summed E-state index contributed by atoms with van der Waals surface area (Å²) in [7, 11) is 0. The summed E-state index contributed by atoms with van der Waals surface area (Å²) < 4.78 is 37.6. The Morgan fingerprint density at radius 2 is 2.17 bits per heavy atom. The predicted molar refractivity (Wildman–Crippen MR) is 76.8 cm³/mol. The Kier molecular flexibility index (Phi) is 4.02. The van der Waals surface area contributed by atoms with Crippen molar-refractivity contribution in [2.24, 2.45) is 5.73 Å². The molecule has 2 N–H and O–H groups in total. The summed E-state index contributed by atoms with van der Waals surface area (Å²) in [4.78, 5) is 15.9. The highest BCUT2D eigenvalue weighted by Crippen LogP contribution is 2.25. The van der Waals surface area contributed by atoms with E-state index in [0.29, 0.717) is 5.89 Å². The number of amides is 1. The Labute approximate surface area is 132 Å². The first-order valence-electron chi connectivity index (χ1n) is 6.33. The highest BCUT2D eigenvalue weighted by Gasteiger charge is 2.20. The number of carbonyl (C=O) groups excluding carboxylic acids is 1. The van der Waals surface area contributed by atoms with Crippen molar-refractivity contribution in [3.8, 4) is 16.5 Å². The zero-order valence-electron chi connectivity index (χ0n) is 11.5. The molecular formula is C14H9F2N3O3S. The van der Waals surface area contributed by atoms with E-state index in [1.54, 1.807) is 0 Å². The number of aromatic nitrogens is 2. The van der Waals surface area contributed by atoms with Gasteiger partial charge in [0.1, 0.15) is 11.4 Å². The Bertz CT molecular complexity index is 849. The normalized spacial score (nSPS) is 10.7. The third-order valence-electron chi connectivity index (χ3n) is 2.86. The van der Waals surface area contributed by atoms with Crippen molar-refractivity contribution in [2.45, 2.75) is 6.61 Å². The molecule has 0 aliphatic heterocycles. The Hall–Kier alpha value is -2.81. The van der Waals surface area contributed by atoms with Gasteiger partial charge in [-0.05, 0) is 23.6 Å². The number of primary amides is 1. The van der Waals surface area contributed by atoms with Crippen LogP contribution in [0.3, 0.4) is 0 Å². The maximum atomic E-state index is 14.0. The molecule has 0 aliphatic rings. The highest BCUT2D eigenvalue weighted by molar-refractivity contribution is 7.13. The van der Waals surface area contributed by atoms with Gasteiger partial charge in [0.25, 0.3) is 11.8 Å². The van der Waals surface area contributed by atoms with E-state index in [2.05, 4.69) is 10.1 Å². The van der Waals surface area contributed by atoms with Crippen LogP contribution >= 0.6 is 11.3 Å². The Balaban J connectivity index is 1.76. The molecule has 0 spiro atoms. The quantitative estimate of drug-likeness (QED) is 0.773. The molecule has 2 heterocycles. The number of benzene rings is 1. The molecule has 0 atom stereocenters. The summed E-state index contributed by atoms with van der Waals surface area (Å²) in [6, 6.07) is 5.59. The van der Waals surface area contributed by atoms with Crippen molar-refractivity contribution in [1.82, 2.24) is 10.1 Å². The summed E-state index contributed by atoms with van der Waals surface area (Å²) >= 11 is 1.42. The van der Waals surface area contributed by atoms with E-state index in [9.17, 15) is 13.6 Å². The van der Waals surface area contributed by atoms with E-state index < -0.39 is 23.1 Å². The summed E-state index contributed by atoms with van der Waals surface area (Å²) in [6.07, 6.45) is 0. The first kappa shape index (κ1) is 15.1. The van der Waals surface area contributed by atoms with Gasteiger partial charge in [0.15, 0.2) is 18.2 Å². The summed E-state index contributed by atoms with van der Waals surface area (Å²) in [5, 5.41) is 5.56. The van der Waals surface area contributed by atoms with Crippen LogP contribution in [0.5, 0.6) is 5.75 Å². The Morgan fingerprint density at radius 1 is 1.35 bits per heavy atom. The lowest BCUT2D eigenvalue weighted by molar-refractivity contribution is 0.0991. The number of ether oxygens (including phenoxy) is 1. The molecule has 3 rings (SSSR count). The molecule has 0 bridgehead atoms. The molecule has 1 aromatic carbocycles. The number of hydrogen-bond donors (Lipinski definition) is 1. The molecule has 23 heavy (non-hydrogen) atoms. The molecule has 9 heteroatoms. The van der Waals surface area contributed by atoms with Gasteiger partial charge in [0.2, 0.25) is 5.82 Å². The summed E-state index contributed by atoms with van der Waals surface area (Å²) in [5.74, 6) is -3.28. The molecule has 3 aromatic rings. The number of hydrogen-bond acceptors (Lipinski definition) is 6. The number of nitrogens with two attached hydrogens (primary N) is 1. The topological polar surface area (TPSA) is 91.2 Å². The van der Waals surface area contributed by atoms with Gasteiger partial charge in [-0.2, -0.15) is 4.98 Å². The van der Waals surface area contributed by atoms with E-state index in [0.717, 1.165) is 17.0 Å². The van der Waals surface area contributed by atoms with Crippen LogP contribution in [0.2, 0.25) is 0 Å². The second-order valence-corrected chi connectivity index (χ2v) is 5.33. The van der Waals surface area contributed by atoms with Crippen LogP contribution in [0.1, 0.15) is 16.2 Å². The molecule has 6 nitrogen and oxygen atoms in total. The first-order valence-corrected chi connectivity index (χ1v) is 7.21. The minimum Gasteiger partial charge on any atom is -0.482 e. The van der Waals surface area contributed by atoms with Gasteiger partial charge < -0.3 is 15.0 Å². The second-order valence-electron chi connectivity index (χ2n) is 4.38. The van der Waals surface area contributed by atoms with Gasteiger partial charge in [0.05, 0.1) is 4.88 Å². The third-order valence-corrected chi connectivity index (χ3v) is 3.72. The van der Waals surface area contributed by atoms with Crippen LogP contribution in [0.4, 0.5) is 8.78 Å². The summed E-state index contributed by atoms with van der Waals surface area (Å²) in [6.45, 7) is -0.213. The van der Waals surface area contributed by atoms with E-state index in [-0.39, 0.29) is 18.2 Å². The maximum absolute atomic E-state index is 14.0. The lowest BCUT2D eigenvalue weighted by Crippen LogP contribution is -2.16. The molecule has 0 radical (unpaired) electrons. The van der Waals surface area contributed by atoms with Gasteiger partial charge in [-0.15, -0.1) is 11.3 Å². The Morgan fingerprint density at radius 3 is 2.87 bits per heavy atom. The molecule has 2 aromatic heterocycles. The largest absolute Gasteiger partial charge is 0.482 e. The van der Waals surface area contributed by atoms with Crippen LogP contribution in [-0.2, 0) is 6.61 Å². The number of carbonyl (C=O) groups is 1. The van der Waals surface area contributed by atoms with E-state index in [4.69, 9.17) is 15.0 Å². The monoisotopic (exact) mass is 337 g/mol. The highest BCUT2D eigenvalue weighted by atomic mass is 32.1. The van der Waals surface area contributed by atoms with Crippen molar-refractivity contribution in [1.29, 1.82) is 0 Å². The van der Waals surface area contributed by atoms with Crippen LogP contribution in [0.15, 0.2) is 34.2 Å². The minimum atomic E-state index is -1.22. The number of nitrogens with zero attached hydrogens (tertiary/aromatic N) is 2. The van der Waals surface area contributed by atoms with Crippen LogP contribution in [-0.4, -0.2) is 16.0 Å². The SMILES string of the molecule is NC(=O)c1c(F)ccc(OCc2noc(-c3cccs3)n2)c1F. The fraction of sp³-hybridized carbons (Fsp3) is 0.0714. The molecule has 0 fully saturated rings.